The predicted octanol–water partition coefficient (Wildman–Crippen LogP) is 1.94. The molecule has 0 bridgehead atoms. The molecule has 0 aromatic carbocycles. The van der Waals surface area contributed by atoms with Crippen LogP contribution < -0.4 is 5.32 Å². The third-order valence-corrected chi connectivity index (χ3v) is 5.43. The Morgan fingerprint density at radius 3 is 2.54 bits per heavy atom. The summed E-state index contributed by atoms with van der Waals surface area (Å²) >= 11 is 6.43. The monoisotopic (exact) mass is 407 g/mol. The van der Waals surface area contributed by atoms with E-state index in [2.05, 4.69) is 29.2 Å². The molecule has 1 saturated carbocycles. The second kappa shape index (κ2) is 9.09. The van der Waals surface area contributed by atoms with Crippen LogP contribution in [0.5, 0.6) is 0 Å². The van der Waals surface area contributed by atoms with Gasteiger partial charge in [0, 0.05) is 50.4 Å². The number of halogens is 1. The van der Waals surface area contributed by atoms with Crippen molar-refractivity contribution in [1.29, 1.82) is 0 Å². The zero-order valence-corrected chi connectivity index (χ0v) is 17.7. The van der Waals surface area contributed by atoms with E-state index >= 15 is 0 Å². The maximum Gasteiger partial charge on any atom is 0.246 e. The van der Waals surface area contributed by atoms with Gasteiger partial charge in [0.05, 0.1) is 12.2 Å². The van der Waals surface area contributed by atoms with Crippen LogP contribution in [0.15, 0.2) is 6.08 Å². The van der Waals surface area contributed by atoms with Gasteiger partial charge in [0.1, 0.15) is 5.15 Å². The van der Waals surface area contributed by atoms with Gasteiger partial charge in [-0.3, -0.25) is 19.2 Å². The lowest BCUT2D eigenvalue weighted by atomic mass is 10.2. The summed E-state index contributed by atoms with van der Waals surface area (Å²) in [5.74, 6) is 0.498. The number of nitrogens with zero attached hydrogens (tertiary/aromatic N) is 4. The topological polar surface area (TPSA) is 70.5 Å². The summed E-state index contributed by atoms with van der Waals surface area (Å²) in [6.07, 6.45) is 5.53. The summed E-state index contributed by atoms with van der Waals surface area (Å²) in [5, 5.41) is 8.04. The minimum absolute atomic E-state index is 0.0332. The number of hydrogen-bond donors (Lipinski definition) is 1. The first kappa shape index (κ1) is 20.9. The second-order valence-corrected chi connectivity index (χ2v) is 8.50. The molecule has 3 rings (SSSR count). The third kappa shape index (κ3) is 5.58. The highest BCUT2D eigenvalue weighted by molar-refractivity contribution is 6.31. The predicted molar refractivity (Wildman–Crippen MR) is 110 cm³/mol. The van der Waals surface area contributed by atoms with Crippen LogP contribution in [0.4, 0.5) is 0 Å². The molecule has 0 atom stereocenters. The number of piperazine rings is 1. The van der Waals surface area contributed by atoms with E-state index in [1.54, 1.807) is 16.8 Å². The van der Waals surface area contributed by atoms with Crippen molar-refractivity contribution >= 4 is 29.5 Å². The Morgan fingerprint density at radius 2 is 1.93 bits per heavy atom. The number of carbonyl (C=O) groups excluding carboxylic acids is 2. The number of aryl methyl sites for hydroxylation is 1. The third-order valence-electron chi connectivity index (χ3n) is 5.03. The lowest BCUT2D eigenvalue weighted by molar-refractivity contribution is -0.128. The van der Waals surface area contributed by atoms with E-state index in [1.807, 2.05) is 11.8 Å². The fraction of sp³-hybridized carbons (Fsp3) is 0.650. The van der Waals surface area contributed by atoms with Crippen LogP contribution in [-0.2, 0) is 16.1 Å². The Labute approximate surface area is 171 Å². The van der Waals surface area contributed by atoms with Crippen molar-refractivity contribution in [2.75, 3.05) is 32.7 Å². The molecule has 28 heavy (non-hydrogen) atoms. The van der Waals surface area contributed by atoms with Crippen LogP contribution in [0.1, 0.15) is 37.9 Å². The molecule has 7 nitrogen and oxygen atoms in total. The Balaban J connectivity index is 1.50. The van der Waals surface area contributed by atoms with Crippen LogP contribution in [0.25, 0.3) is 6.08 Å². The minimum Gasteiger partial charge on any atom is -0.352 e. The largest absolute Gasteiger partial charge is 0.352 e. The zero-order valence-electron chi connectivity index (χ0n) is 16.9. The minimum atomic E-state index is -0.0332. The van der Waals surface area contributed by atoms with Crippen molar-refractivity contribution in [2.45, 2.75) is 46.2 Å². The van der Waals surface area contributed by atoms with Gasteiger partial charge in [-0.1, -0.05) is 25.4 Å². The van der Waals surface area contributed by atoms with Gasteiger partial charge in [0.15, 0.2) is 0 Å². The van der Waals surface area contributed by atoms with Gasteiger partial charge in [-0.05, 0) is 31.8 Å². The molecule has 0 unspecified atom stereocenters. The first-order valence-electron chi connectivity index (χ1n) is 10.0. The van der Waals surface area contributed by atoms with E-state index in [-0.39, 0.29) is 11.8 Å². The van der Waals surface area contributed by atoms with E-state index in [0.717, 1.165) is 30.6 Å². The van der Waals surface area contributed by atoms with Crippen LogP contribution in [0.2, 0.25) is 5.15 Å². The molecule has 0 radical (unpaired) electrons. The van der Waals surface area contributed by atoms with Gasteiger partial charge in [0.2, 0.25) is 11.8 Å². The number of nitrogens with one attached hydrogen (secondary N) is 1. The van der Waals surface area contributed by atoms with Crippen LogP contribution in [-0.4, -0.2) is 70.2 Å². The van der Waals surface area contributed by atoms with Crippen molar-refractivity contribution in [2.24, 2.45) is 5.92 Å². The van der Waals surface area contributed by atoms with Gasteiger partial charge in [-0.2, -0.15) is 5.10 Å². The summed E-state index contributed by atoms with van der Waals surface area (Å²) in [6, 6.07) is 0.390. The summed E-state index contributed by atoms with van der Waals surface area (Å²) in [6.45, 7) is 9.96. The summed E-state index contributed by atoms with van der Waals surface area (Å²) in [7, 11) is 0. The van der Waals surface area contributed by atoms with E-state index < -0.39 is 0 Å². The van der Waals surface area contributed by atoms with Gasteiger partial charge in [-0.15, -0.1) is 0 Å². The summed E-state index contributed by atoms with van der Waals surface area (Å²) in [4.78, 5) is 28.3. The first-order chi connectivity index (χ1) is 13.3. The molecule has 1 saturated heterocycles. The molecule has 1 aromatic heterocycles. The SMILES string of the molecule is Cc1nn(CC(C)C)c(Cl)c1C=CC(=O)N1CCN(CC(=O)NC2CC2)CC1. The van der Waals surface area contributed by atoms with Crippen LogP contribution in [0, 0.1) is 12.8 Å². The molecular formula is C20H30ClN5O2. The number of hydrogen-bond acceptors (Lipinski definition) is 4. The molecule has 2 heterocycles. The molecule has 2 aliphatic rings. The molecule has 154 valence electrons. The van der Waals surface area contributed by atoms with Gasteiger partial charge in [0.25, 0.3) is 0 Å². The quantitative estimate of drug-likeness (QED) is 0.701. The molecular weight excluding hydrogens is 378 g/mol. The van der Waals surface area contributed by atoms with Crippen molar-refractivity contribution < 1.29 is 9.59 Å². The molecule has 0 spiro atoms. The highest BCUT2D eigenvalue weighted by atomic mass is 35.5. The van der Waals surface area contributed by atoms with E-state index in [0.29, 0.717) is 49.8 Å². The number of aromatic nitrogens is 2. The Bertz CT molecular complexity index is 746. The molecule has 1 N–H and O–H groups in total. The zero-order chi connectivity index (χ0) is 20.3. The average Bonchev–Trinajstić information content (AvgIpc) is 3.40. The first-order valence-corrected chi connectivity index (χ1v) is 10.4. The number of rotatable bonds is 7. The molecule has 2 fully saturated rings. The molecule has 8 heteroatoms. The normalized spacial score (nSPS) is 18.2. The van der Waals surface area contributed by atoms with Crippen molar-refractivity contribution in [3.8, 4) is 0 Å². The fourth-order valence-electron chi connectivity index (χ4n) is 3.31. The fourth-order valence-corrected chi connectivity index (χ4v) is 3.62. The lowest BCUT2D eigenvalue weighted by Gasteiger charge is -2.33. The molecule has 2 amide bonds. The van der Waals surface area contributed by atoms with Crippen LogP contribution in [0.3, 0.4) is 0 Å². The van der Waals surface area contributed by atoms with Crippen LogP contribution >= 0.6 is 11.6 Å². The Kier molecular flexibility index (Phi) is 6.78. The lowest BCUT2D eigenvalue weighted by Crippen LogP contribution is -2.51. The van der Waals surface area contributed by atoms with Crippen molar-refractivity contribution in [1.82, 2.24) is 24.9 Å². The standard InChI is InChI=1S/C20H30ClN5O2/c1-14(2)12-26-20(21)17(15(3)23-26)6-7-19(28)25-10-8-24(9-11-25)13-18(27)22-16-4-5-16/h6-7,14,16H,4-5,8-13H2,1-3H3,(H,22,27). The number of carbonyl (C=O) groups is 2. The summed E-state index contributed by atoms with van der Waals surface area (Å²) < 4.78 is 1.79. The molecule has 1 aliphatic heterocycles. The van der Waals surface area contributed by atoms with Gasteiger partial charge >= 0.3 is 0 Å². The number of amides is 2. The van der Waals surface area contributed by atoms with Gasteiger partial charge < -0.3 is 10.2 Å². The Hall–Kier alpha value is -1.86. The second-order valence-electron chi connectivity index (χ2n) is 8.14. The smallest absolute Gasteiger partial charge is 0.246 e. The van der Waals surface area contributed by atoms with E-state index in [1.165, 1.54) is 0 Å². The highest BCUT2D eigenvalue weighted by Gasteiger charge is 2.26. The summed E-state index contributed by atoms with van der Waals surface area (Å²) in [5.41, 5.74) is 1.62. The van der Waals surface area contributed by atoms with Crippen molar-refractivity contribution in [3.05, 3.63) is 22.5 Å². The maximum absolute atomic E-state index is 12.5. The molecule has 1 aromatic rings. The Morgan fingerprint density at radius 1 is 1.25 bits per heavy atom. The maximum atomic E-state index is 12.5. The van der Waals surface area contributed by atoms with E-state index in [4.69, 9.17) is 11.6 Å². The van der Waals surface area contributed by atoms with E-state index in [9.17, 15) is 9.59 Å². The average molecular weight is 408 g/mol. The van der Waals surface area contributed by atoms with Crippen molar-refractivity contribution in [3.63, 3.8) is 0 Å². The van der Waals surface area contributed by atoms with Gasteiger partial charge in [-0.25, -0.2) is 0 Å². The highest BCUT2D eigenvalue weighted by Crippen LogP contribution is 2.22. The molecule has 1 aliphatic carbocycles.